The lowest BCUT2D eigenvalue weighted by Gasteiger charge is -2.24. The third-order valence-corrected chi connectivity index (χ3v) is 7.25. The topological polar surface area (TPSA) is 45.2 Å². The van der Waals surface area contributed by atoms with Crippen molar-refractivity contribution in [2.75, 3.05) is 23.3 Å². The number of amides is 1. The summed E-state index contributed by atoms with van der Waals surface area (Å²) in [6.45, 7) is 8.08. The van der Waals surface area contributed by atoms with Gasteiger partial charge in [0.2, 0.25) is 5.91 Å². The first-order valence-corrected chi connectivity index (χ1v) is 12.2. The number of benzene rings is 2. The van der Waals surface area contributed by atoms with Crippen LogP contribution >= 0.6 is 46.1 Å². The summed E-state index contributed by atoms with van der Waals surface area (Å²) in [6.07, 6.45) is 0.507. The molecule has 0 radical (unpaired) electrons. The molecule has 1 aromatic heterocycles. The largest absolute Gasteiger partial charge is 0.372 e. The monoisotopic (exact) mass is 497 g/mol. The minimum absolute atomic E-state index is 0.0870. The van der Waals surface area contributed by atoms with Crippen LogP contribution in [0.2, 0.25) is 0 Å². The summed E-state index contributed by atoms with van der Waals surface area (Å²) >= 11 is 20.3. The van der Waals surface area contributed by atoms with Crippen LogP contribution in [-0.4, -0.2) is 27.8 Å². The lowest BCUT2D eigenvalue weighted by Crippen LogP contribution is -2.27. The molecule has 1 N–H and O–H groups in total. The summed E-state index contributed by atoms with van der Waals surface area (Å²) in [5.74, 6) is -0.676. The van der Waals surface area contributed by atoms with E-state index in [-0.39, 0.29) is 12.3 Å². The highest BCUT2D eigenvalue weighted by atomic mass is 35.6. The maximum atomic E-state index is 12.8. The lowest BCUT2D eigenvalue weighted by molar-refractivity contribution is -0.117. The minimum Gasteiger partial charge on any atom is -0.372 e. The average molecular weight is 499 g/mol. The van der Waals surface area contributed by atoms with Gasteiger partial charge >= 0.3 is 0 Å². The van der Waals surface area contributed by atoms with Crippen molar-refractivity contribution in [1.29, 1.82) is 0 Å². The number of nitrogens with zero attached hydrogens (tertiary/aromatic N) is 2. The molecule has 0 bridgehead atoms. The lowest BCUT2D eigenvalue weighted by atomic mass is 10.0. The Morgan fingerprint density at radius 1 is 1.16 bits per heavy atom. The zero-order chi connectivity index (χ0) is 22.6. The van der Waals surface area contributed by atoms with Crippen molar-refractivity contribution in [1.82, 2.24) is 4.98 Å². The Kier molecular flexibility index (Phi) is 8.08. The summed E-state index contributed by atoms with van der Waals surface area (Å²) in [7, 11) is 0. The summed E-state index contributed by atoms with van der Waals surface area (Å²) in [6, 6.07) is 13.9. The van der Waals surface area contributed by atoms with Crippen molar-refractivity contribution in [3.05, 3.63) is 53.0 Å². The standard InChI is InChI=1S/C23H26Cl3N3OS/c1-4-29(5-2)17-10-11-18(15(3)12-17)27-21(30)13-16(23(24,25)26)14-22-28-19-8-6-7-9-20(19)31-22/h6-12,16H,4-5,13-14H2,1-3H3,(H,27,30). The molecule has 166 valence electrons. The van der Waals surface area contributed by atoms with Gasteiger partial charge < -0.3 is 10.2 Å². The van der Waals surface area contributed by atoms with E-state index in [1.165, 1.54) is 0 Å². The Morgan fingerprint density at radius 3 is 2.48 bits per heavy atom. The van der Waals surface area contributed by atoms with Crippen LogP contribution in [0.25, 0.3) is 10.2 Å². The number of aryl methyl sites for hydroxylation is 1. The van der Waals surface area contributed by atoms with E-state index in [1.54, 1.807) is 11.3 Å². The van der Waals surface area contributed by atoms with Gasteiger partial charge in [-0.2, -0.15) is 0 Å². The minimum atomic E-state index is -1.57. The maximum Gasteiger partial charge on any atom is 0.224 e. The number of hydrogen-bond donors (Lipinski definition) is 1. The molecule has 2 aromatic carbocycles. The van der Waals surface area contributed by atoms with Crippen LogP contribution in [0.15, 0.2) is 42.5 Å². The van der Waals surface area contributed by atoms with Crippen molar-refractivity contribution in [2.45, 2.75) is 37.4 Å². The fourth-order valence-electron chi connectivity index (χ4n) is 3.52. The van der Waals surface area contributed by atoms with E-state index in [0.29, 0.717) is 6.42 Å². The highest BCUT2D eigenvalue weighted by Crippen LogP contribution is 2.40. The molecular weight excluding hydrogens is 473 g/mol. The van der Waals surface area contributed by atoms with Gasteiger partial charge in [-0.25, -0.2) is 4.98 Å². The van der Waals surface area contributed by atoms with Gasteiger partial charge in [0.05, 0.1) is 15.2 Å². The molecule has 0 aliphatic rings. The molecule has 31 heavy (non-hydrogen) atoms. The Morgan fingerprint density at radius 2 is 1.87 bits per heavy atom. The zero-order valence-corrected chi connectivity index (χ0v) is 20.9. The van der Waals surface area contributed by atoms with E-state index in [0.717, 1.165) is 45.3 Å². The first kappa shape index (κ1) is 24.1. The number of carbonyl (C=O) groups is 1. The number of rotatable bonds is 8. The number of para-hydroxylation sites is 1. The van der Waals surface area contributed by atoms with Gasteiger partial charge in [-0.15, -0.1) is 11.3 Å². The average Bonchev–Trinajstić information content (AvgIpc) is 3.12. The number of thiazole rings is 1. The highest BCUT2D eigenvalue weighted by molar-refractivity contribution is 7.18. The van der Waals surface area contributed by atoms with E-state index in [1.807, 2.05) is 43.3 Å². The van der Waals surface area contributed by atoms with Gasteiger partial charge in [0, 0.05) is 43.2 Å². The molecule has 4 nitrogen and oxygen atoms in total. The summed E-state index contributed by atoms with van der Waals surface area (Å²) in [4.78, 5) is 19.7. The molecule has 0 fully saturated rings. The number of hydrogen-bond acceptors (Lipinski definition) is 4. The third-order valence-electron chi connectivity index (χ3n) is 5.27. The Bertz CT molecular complexity index is 1010. The Labute approximate surface area is 202 Å². The molecular formula is C23H26Cl3N3OS. The molecule has 0 aliphatic heterocycles. The number of alkyl halides is 3. The van der Waals surface area contributed by atoms with Crippen molar-refractivity contribution >= 4 is 73.6 Å². The van der Waals surface area contributed by atoms with E-state index in [4.69, 9.17) is 34.8 Å². The quantitative estimate of drug-likeness (QED) is 0.340. The van der Waals surface area contributed by atoms with Gasteiger partial charge in [0.15, 0.2) is 3.79 Å². The Balaban J connectivity index is 1.71. The van der Waals surface area contributed by atoms with Crippen LogP contribution in [0.5, 0.6) is 0 Å². The molecule has 3 rings (SSSR count). The van der Waals surface area contributed by atoms with Gasteiger partial charge in [0.25, 0.3) is 0 Å². The fourth-order valence-corrected chi connectivity index (χ4v) is 5.03. The second-order valence-corrected chi connectivity index (χ2v) is 10.9. The normalized spacial score (nSPS) is 12.7. The van der Waals surface area contributed by atoms with Gasteiger partial charge in [0.1, 0.15) is 0 Å². The predicted molar refractivity (Wildman–Crippen MR) is 135 cm³/mol. The highest BCUT2D eigenvalue weighted by Gasteiger charge is 2.35. The smallest absolute Gasteiger partial charge is 0.224 e. The maximum absolute atomic E-state index is 12.8. The number of nitrogens with one attached hydrogen (secondary N) is 1. The Hall–Kier alpha value is -1.53. The van der Waals surface area contributed by atoms with Gasteiger partial charge in [-0.05, 0) is 56.7 Å². The second kappa shape index (κ2) is 10.4. The van der Waals surface area contributed by atoms with Crippen LogP contribution in [0, 0.1) is 12.8 Å². The summed E-state index contributed by atoms with van der Waals surface area (Å²) < 4.78 is -0.495. The van der Waals surface area contributed by atoms with Crippen LogP contribution in [0.4, 0.5) is 11.4 Å². The molecule has 0 spiro atoms. The number of fused-ring (bicyclic) bond motifs is 1. The SMILES string of the molecule is CCN(CC)c1ccc(NC(=O)CC(Cc2nc3ccccc3s2)C(Cl)(Cl)Cl)c(C)c1. The van der Waals surface area contributed by atoms with Crippen molar-refractivity contribution < 1.29 is 4.79 Å². The summed E-state index contributed by atoms with van der Waals surface area (Å²) in [5, 5.41) is 3.83. The van der Waals surface area contributed by atoms with Crippen LogP contribution < -0.4 is 10.2 Å². The molecule has 1 unspecified atom stereocenters. The van der Waals surface area contributed by atoms with Crippen molar-refractivity contribution in [2.24, 2.45) is 5.92 Å². The van der Waals surface area contributed by atoms with E-state index < -0.39 is 9.71 Å². The van der Waals surface area contributed by atoms with Crippen molar-refractivity contribution in [3.63, 3.8) is 0 Å². The molecule has 0 saturated heterocycles. The molecule has 1 amide bonds. The van der Waals surface area contributed by atoms with Crippen LogP contribution in [0.3, 0.4) is 0 Å². The van der Waals surface area contributed by atoms with Gasteiger partial charge in [-0.3, -0.25) is 4.79 Å². The first-order chi connectivity index (χ1) is 14.7. The first-order valence-electron chi connectivity index (χ1n) is 10.3. The van der Waals surface area contributed by atoms with Gasteiger partial charge in [-0.1, -0.05) is 46.9 Å². The molecule has 1 atom stereocenters. The van der Waals surface area contributed by atoms with E-state index in [9.17, 15) is 4.79 Å². The zero-order valence-electron chi connectivity index (χ0n) is 17.8. The molecule has 8 heteroatoms. The van der Waals surface area contributed by atoms with Crippen molar-refractivity contribution in [3.8, 4) is 0 Å². The summed E-state index contributed by atoms with van der Waals surface area (Å²) in [5.41, 5.74) is 3.81. The van der Waals surface area contributed by atoms with E-state index >= 15 is 0 Å². The molecule has 1 heterocycles. The third kappa shape index (κ3) is 6.26. The molecule has 0 aliphatic carbocycles. The predicted octanol–water partition coefficient (Wildman–Crippen LogP) is 7.01. The van der Waals surface area contributed by atoms with E-state index in [2.05, 4.69) is 35.1 Å². The number of carbonyl (C=O) groups excluding carboxylic acids is 1. The van der Waals surface area contributed by atoms with Crippen LogP contribution in [-0.2, 0) is 11.2 Å². The fraction of sp³-hybridized carbons (Fsp3) is 0.391. The number of halogens is 3. The van der Waals surface area contributed by atoms with Crippen LogP contribution in [0.1, 0.15) is 30.8 Å². The molecule has 0 saturated carbocycles. The molecule has 3 aromatic rings. The number of anilines is 2. The second-order valence-electron chi connectivity index (χ2n) is 7.44. The number of aromatic nitrogens is 1.